The molecular weight excluding hydrogens is 348 g/mol. The lowest BCUT2D eigenvalue weighted by atomic mass is 10.1. The molecule has 1 aliphatic heterocycles. The molecule has 1 amide bonds. The van der Waals surface area contributed by atoms with Gasteiger partial charge in [0.05, 0.1) is 23.0 Å². The van der Waals surface area contributed by atoms with Gasteiger partial charge in [-0.2, -0.15) is 0 Å². The van der Waals surface area contributed by atoms with Gasteiger partial charge in [-0.05, 0) is 37.5 Å². The van der Waals surface area contributed by atoms with Crippen LogP contribution in [0.5, 0.6) is 5.75 Å². The molecule has 1 atom stereocenters. The van der Waals surface area contributed by atoms with Crippen molar-refractivity contribution in [3.63, 3.8) is 0 Å². The Balaban J connectivity index is 1.89. The normalized spacial score (nSPS) is 16.7. The number of methoxy groups -OCH3 is 1. The molecule has 26 heavy (non-hydrogen) atoms. The van der Waals surface area contributed by atoms with Gasteiger partial charge >= 0.3 is 0 Å². The molecule has 0 radical (unpaired) electrons. The van der Waals surface area contributed by atoms with Gasteiger partial charge in [-0.15, -0.1) is 11.3 Å². The molecule has 5 nitrogen and oxygen atoms in total. The highest BCUT2D eigenvalue weighted by Crippen LogP contribution is 2.38. The van der Waals surface area contributed by atoms with Crippen molar-refractivity contribution in [2.45, 2.75) is 39.7 Å². The molecule has 1 aliphatic rings. The number of hydrogen-bond donors (Lipinski definition) is 0. The minimum Gasteiger partial charge on any atom is -0.479 e. The zero-order valence-electron chi connectivity index (χ0n) is 15.8. The van der Waals surface area contributed by atoms with Gasteiger partial charge in [0.2, 0.25) is 0 Å². The van der Waals surface area contributed by atoms with Crippen LogP contribution in [-0.2, 0) is 16.0 Å². The van der Waals surface area contributed by atoms with Crippen molar-refractivity contribution in [3.8, 4) is 17.0 Å². The molecule has 2 aromatic rings. The van der Waals surface area contributed by atoms with E-state index in [1.807, 2.05) is 30.0 Å². The molecule has 6 heteroatoms. The van der Waals surface area contributed by atoms with E-state index in [4.69, 9.17) is 14.5 Å². The molecule has 1 unspecified atom stereocenters. The van der Waals surface area contributed by atoms with Crippen LogP contribution in [0, 0.1) is 5.92 Å². The first-order valence-electron chi connectivity index (χ1n) is 9.05. The Kier molecular flexibility index (Phi) is 5.94. The van der Waals surface area contributed by atoms with E-state index in [0.717, 1.165) is 40.5 Å². The molecule has 2 heterocycles. The fourth-order valence-electron chi connectivity index (χ4n) is 2.93. The number of benzene rings is 1. The minimum absolute atomic E-state index is 0.0226. The number of rotatable bonds is 7. The SMILES string of the molecule is COCCc1nc(-c2ccc3c(c2)N(CCC(C)C)C(=O)C(C)O3)cs1. The first-order valence-corrected chi connectivity index (χ1v) is 9.93. The Morgan fingerprint density at radius 1 is 1.38 bits per heavy atom. The van der Waals surface area contributed by atoms with Gasteiger partial charge in [-0.3, -0.25) is 4.79 Å². The zero-order valence-corrected chi connectivity index (χ0v) is 16.6. The van der Waals surface area contributed by atoms with Crippen LogP contribution in [0.4, 0.5) is 5.69 Å². The summed E-state index contributed by atoms with van der Waals surface area (Å²) in [5.74, 6) is 1.32. The maximum Gasteiger partial charge on any atom is 0.267 e. The number of amides is 1. The van der Waals surface area contributed by atoms with E-state index < -0.39 is 6.10 Å². The van der Waals surface area contributed by atoms with Crippen molar-refractivity contribution in [1.29, 1.82) is 0 Å². The molecule has 1 aromatic carbocycles. The van der Waals surface area contributed by atoms with Gasteiger partial charge in [0.15, 0.2) is 6.10 Å². The van der Waals surface area contributed by atoms with Gasteiger partial charge in [-0.1, -0.05) is 13.8 Å². The maximum atomic E-state index is 12.6. The number of fused-ring (bicyclic) bond motifs is 1. The number of carbonyl (C=O) groups excluding carboxylic acids is 1. The van der Waals surface area contributed by atoms with Gasteiger partial charge in [-0.25, -0.2) is 4.98 Å². The third-order valence-electron chi connectivity index (χ3n) is 4.46. The Hall–Kier alpha value is -1.92. The summed E-state index contributed by atoms with van der Waals surface area (Å²) in [5, 5.41) is 3.11. The number of hydrogen-bond acceptors (Lipinski definition) is 5. The first-order chi connectivity index (χ1) is 12.5. The molecule has 140 valence electrons. The second kappa shape index (κ2) is 8.18. The predicted octanol–water partition coefficient (Wildman–Crippen LogP) is 4.16. The Labute approximate surface area is 159 Å². The summed E-state index contributed by atoms with van der Waals surface area (Å²) >= 11 is 1.63. The molecule has 0 aliphatic carbocycles. The highest BCUT2D eigenvalue weighted by molar-refractivity contribution is 7.09. The summed E-state index contributed by atoms with van der Waals surface area (Å²) in [4.78, 5) is 19.2. The largest absolute Gasteiger partial charge is 0.479 e. The standard InChI is InChI=1S/C20H26N2O3S/c1-13(2)7-9-22-17-11-15(5-6-18(17)25-14(3)20(22)23)16-12-26-19(21-16)8-10-24-4/h5-6,11-14H,7-10H2,1-4H3. The smallest absolute Gasteiger partial charge is 0.267 e. The van der Waals surface area contributed by atoms with E-state index in [9.17, 15) is 4.79 Å². The van der Waals surface area contributed by atoms with E-state index in [1.54, 1.807) is 18.4 Å². The van der Waals surface area contributed by atoms with Crippen LogP contribution in [0.1, 0.15) is 32.2 Å². The number of thiazole rings is 1. The van der Waals surface area contributed by atoms with E-state index in [1.165, 1.54) is 0 Å². The summed E-state index contributed by atoms with van der Waals surface area (Å²) in [7, 11) is 1.70. The van der Waals surface area contributed by atoms with E-state index in [2.05, 4.69) is 19.2 Å². The summed E-state index contributed by atoms with van der Waals surface area (Å²) in [6.45, 7) is 7.52. The van der Waals surface area contributed by atoms with Crippen LogP contribution in [0.25, 0.3) is 11.3 Å². The van der Waals surface area contributed by atoms with Gasteiger partial charge < -0.3 is 14.4 Å². The van der Waals surface area contributed by atoms with Crippen molar-refractivity contribution < 1.29 is 14.3 Å². The maximum absolute atomic E-state index is 12.6. The summed E-state index contributed by atoms with van der Waals surface area (Å²) < 4.78 is 10.9. The van der Waals surface area contributed by atoms with Crippen LogP contribution < -0.4 is 9.64 Å². The van der Waals surface area contributed by atoms with Gasteiger partial charge in [0, 0.05) is 31.0 Å². The molecule has 3 rings (SSSR count). The van der Waals surface area contributed by atoms with Crippen molar-refractivity contribution in [1.82, 2.24) is 4.98 Å². The summed E-state index contributed by atoms with van der Waals surface area (Å²) in [6.07, 6.45) is 1.33. The summed E-state index contributed by atoms with van der Waals surface area (Å²) in [6, 6.07) is 5.98. The number of anilines is 1. The minimum atomic E-state index is -0.444. The van der Waals surface area contributed by atoms with Crippen LogP contribution in [0.15, 0.2) is 23.6 Å². The molecule has 0 N–H and O–H groups in total. The molecular formula is C20H26N2O3S. The van der Waals surface area contributed by atoms with E-state index >= 15 is 0 Å². The molecule has 0 saturated heterocycles. The highest BCUT2D eigenvalue weighted by Gasteiger charge is 2.31. The summed E-state index contributed by atoms with van der Waals surface area (Å²) in [5.41, 5.74) is 2.78. The van der Waals surface area contributed by atoms with E-state index in [0.29, 0.717) is 19.1 Å². The third-order valence-corrected chi connectivity index (χ3v) is 5.37. The lowest BCUT2D eigenvalue weighted by molar-refractivity contribution is -0.125. The second-order valence-electron chi connectivity index (χ2n) is 6.98. The molecule has 0 saturated carbocycles. The van der Waals surface area contributed by atoms with Crippen molar-refractivity contribution in [2.75, 3.05) is 25.2 Å². The monoisotopic (exact) mass is 374 g/mol. The average molecular weight is 375 g/mol. The number of aromatic nitrogens is 1. The van der Waals surface area contributed by atoms with Gasteiger partial charge in [0.25, 0.3) is 5.91 Å². The molecule has 0 spiro atoms. The lowest BCUT2D eigenvalue weighted by Gasteiger charge is -2.33. The molecule has 0 bridgehead atoms. The average Bonchev–Trinajstić information content (AvgIpc) is 3.09. The first kappa shape index (κ1) is 18.9. The van der Waals surface area contributed by atoms with Crippen molar-refractivity contribution in [2.24, 2.45) is 5.92 Å². The van der Waals surface area contributed by atoms with Crippen LogP contribution in [0.3, 0.4) is 0 Å². The predicted molar refractivity (Wildman–Crippen MR) is 105 cm³/mol. The highest BCUT2D eigenvalue weighted by atomic mass is 32.1. The van der Waals surface area contributed by atoms with Gasteiger partial charge in [0.1, 0.15) is 5.75 Å². The fourth-order valence-corrected chi connectivity index (χ4v) is 3.72. The number of ether oxygens (including phenoxy) is 2. The van der Waals surface area contributed by atoms with Crippen LogP contribution in [0.2, 0.25) is 0 Å². The third kappa shape index (κ3) is 4.07. The lowest BCUT2D eigenvalue weighted by Crippen LogP contribution is -2.45. The zero-order chi connectivity index (χ0) is 18.7. The number of carbonyl (C=O) groups is 1. The van der Waals surface area contributed by atoms with Crippen molar-refractivity contribution >= 4 is 22.9 Å². The molecule has 1 aromatic heterocycles. The van der Waals surface area contributed by atoms with Crippen LogP contribution in [-0.4, -0.2) is 37.3 Å². The fraction of sp³-hybridized carbons (Fsp3) is 0.500. The topological polar surface area (TPSA) is 51.7 Å². The second-order valence-corrected chi connectivity index (χ2v) is 7.93. The van der Waals surface area contributed by atoms with Crippen molar-refractivity contribution in [3.05, 3.63) is 28.6 Å². The Bertz CT molecular complexity index is 772. The number of nitrogens with zero attached hydrogens (tertiary/aromatic N) is 2. The Morgan fingerprint density at radius 2 is 2.19 bits per heavy atom. The Morgan fingerprint density at radius 3 is 2.92 bits per heavy atom. The van der Waals surface area contributed by atoms with E-state index in [-0.39, 0.29) is 5.91 Å². The molecule has 0 fully saturated rings. The van der Waals surface area contributed by atoms with Crippen LogP contribution >= 0.6 is 11.3 Å². The quantitative estimate of drug-likeness (QED) is 0.730.